The molecule has 8 nitrogen and oxygen atoms in total. The summed E-state index contributed by atoms with van der Waals surface area (Å²) < 4.78 is 5.06. The number of hydrogen-bond acceptors (Lipinski definition) is 6. The Morgan fingerprint density at radius 1 is 0.875 bits per heavy atom. The zero-order chi connectivity index (χ0) is 33.5. The predicted octanol–water partition coefficient (Wildman–Crippen LogP) is 7.63. The molecule has 0 radical (unpaired) electrons. The Morgan fingerprint density at radius 3 is 2.27 bits per heavy atom. The number of anilines is 1. The molecule has 1 aliphatic carbocycles. The van der Waals surface area contributed by atoms with E-state index in [1.807, 2.05) is 42.5 Å². The molecule has 2 aliphatic rings. The molecule has 2 N–H and O–H groups in total. The van der Waals surface area contributed by atoms with Gasteiger partial charge in [-0.25, -0.2) is 9.78 Å². The van der Waals surface area contributed by atoms with Gasteiger partial charge in [-0.15, -0.1) is 0 Å². The second-order valence-electron chi connectivity index (χ2n) is 13.2. The molecule has 0 bridgehead atoms. The zero-order valence-electron chi connectivity index (χ0n) is 28.0. The van der Waals surface area contributed by atoms with Gasteiger partial charge in [-0.2, -0.15) is 0 Å². The van der Waals surface area contributed by atoms with Crippen molar-refractivity contribution >= 4 is 34.4 Å². The smallest absolute Gasteiger partial charge is 0.338 e. The average molecular weight is 647 g/mol. The van der Waals surface area contributed by atoms with Gasteiger partial charge in [0.2, 0.25) is 5.91 Å². The lowest BCUT2D eigenvalue weighted by molar-refractivity contribution is -0.121. The number of carbonyl (C=O) groups is 3. The predicted molar refractivity (Wildman–Crippen MR) is 190 cm³/mol. The molecule has 8 heteroatoms. The third-order valence-corrected chi connectivity index (χ3v) is 9.99. The number of nitrogens with zero attached hydrogens (tertiary/aromatic N) is 2. The first-order valence-electron chi connectivity index (χ1n) is 17.5. The van der Waals surface area contributed by atoms with E-state index in [0.717, 1.165) is 53.7 Å². The minimum Gasteiger partial charge on any atom is -0.462 e. The molecule has 1 aromatic heterocycles. The Labute approximate surface area is 283 Å². The maximum atomic E-state index is 14.3. The molecular formula is C40H46N4O4. The molecule has 2 amide bonds. The molecule has 1 unspecified atom stereocenters. The van der Waals surface area contributed by atoms with Crippen molar-refractivity contribution in [1.29, 1.82) is 0 Å². The van der Waals surface area contributed by atoms with Gasteiger partial charge < -0.3 is 15.4 Å². The van der Waals surface area contributed by atoms with Crippen molar-refractivity contribution in [2.75, 3.05) is 25.0 Å². The molecule has 6 rings (SSSR count). The molecule has 1 aliphatic heterocycles. The number of carbonyl (C=O) groups excluding carboxylic acids is 3. The molecule has 250 valence electrons. The molecule has 48 heavy (non-hydrogen) atoms. The van der Waals surface area contributed by atoms with Crippen LogP contribution in [0.2, 0.25) is 0 Å². The van der Waals surface area contributed by atoms with Crippen molar-refractivity contribution in [2.24, 2.45) is 11.8 Å². The lowest BCUT2D eigenvalue weighted by atomic mass is 9.84. The molecule has 1 saturated heterocycles. The Kier molecular flexibility index (Phi) is 10.8. The Balaban J connectivity index is 1.21. The number of hydrogen-bond donors (Lipinski definition) is 2. The van der Waals surface area contributed by atoms with Crippen molar-refractivity contribution in [3.8, 4) is 11.3 Å². The van der Waals surface area contributed by atoms with Crippen molar-refractivity contribution in [2.45, 2.75) is 71.4 Å². The molecule has 1 saturated carbocycles. The van der Waals surface area contributed by atoms with E-state index in [0.29, 0.717) is 48.7 Å². The monoisotopic (exact) mass is 646 g/mol. The first-order chi connectivity index (χ1) is 23.4. The maximum Gasteiger partial charge on any atom is 0.338 e. The van der Waals surface area contributed by atoms with E-state index in [9.17, 15) is 14.4 Å². The van der Waals surface area contributed by atoms with Gasteiger partial charge in [0.05, 0.1) is 28.9 Å². The van der Waals surface area contributed by atoms with E-state index in [1.54, 1.807) is 31.2 Å². The van der Waals surface area contributed by atoms with E-state index in [2.05, 4.69) is 34.6 Å². The summed E-state index contributed by atoms with van der Waals surface area (Å²) in [5.41, 5.74) is 5.36. The highest BCUT2D eigenvalue weighted by Gasteiger charge is 2.30. The number of fused-ring (bicyclic) bond motifs is 1. The highest BCUT2D eigenvalue weighted by Crippen LogP contribution is 2.33. The van der Waals surface area contributed by atoms with Crippen LogP contribution < -0.4 is 10.6 Å². The van der Waals surface area contributed by atoms with Crippen LogP contribution in [0.1, 0.15) is 85.1 Å². The van der Waals surface area contributed by atoms with Gasteiger partial charge >= 0.3 is 5.97 Å². The first-order valence-corrected chi connectivity index (χ1v) is 17.5. The number of benzene rings is 3. The van der Waals surface area contributed by atoms with Gasteiger partial charge in [0.25, 0.3) is 5.91 Å². The van der Waals surface area contributed by atoms with Crippen LogP contribution in [0, 0.1) is 11.8 Å². The number of pyridine rings is 1. The van der Waals surface area contributed by atoms with Crippen LogP contribution in [0.5, 0.6) is 0 Å². The second kappa shape index (κ2) is 15.6. The summed E-state index contributed by atoms with van der Waals surface area (Å²) in [7, 11) is 0. The topological polar surface area (TPSA) is 101 Å². The van der Waals surface area contributed by atoms with Crippen LogP contribution in [0.25, 0.3) is 22.2 Å². The van der Waals surface area contributed by atoms with E-state index < -0.39 is 0 Å². The van der Waals surface area contributed by atoms with Gasteiger partial charge in [0, 0.05) is 40.7 Å². The van der Waals surface area contributed by atoms with Gasteiger partial charge in [0.15, 0.2) is 0 Å². The Morgan fingerprint density at radius 2 is 1.56 bits per heavy atom. The van der Waals surface area contributed by atoms with Crippen molar-refractivity contribution in [1.82, 2.24) is 15.2 Å². The summed E-state index contributed by atoms with van der Waals surface area (Å²) in [6.07, 6.45) is 7.44. The number of aromatic nitrogens is 1. The van der Waals surface area contributed by atoms with E-state index >= 15 is 0 Å². The zero-order valence-corrected chi connectivity index (χ0v) is 28.0. The summed E-state index contributed by atoms with van der Waals surface area (Å²) >= 11 is 0. The van der Waals surface area contributed by atoms with Crippen LogP contribution >= 0.6 is 0 Å². The quantitative estimate of drug-likeness (QED) is 0.172. The van der Waals surface area contributed by atoms with Gasteiger partial charge in [0.1, 0.15) is 0 Å². The number of rotatable bonds is 10. The number of para-hydroxylation sites is 1. The number of amides is 2. The lowest BCUT2D eigenvalue weighted by Crippen LogP contribution is -2.40. The first kappa shape index (κ1) is 33.3. The SMILES string of the molecule is CCOC(=O)c1ccc(NC(=O)C2CCN(Cc3c(-c4ccccc4)nc4ccccc4c3C(=O)NC(C)C3CCCCC3)CC2)cc1. The van der Waals surface area contributed by atoms with E-state index in [4.69, 9.17) is 9.72 Å². The molecule has 2 fully saturated rings. The highest BCUT2D eigenvalue weighted by atomic mass is 16.5. The maximum absolute atomic E-state index is 14.3. The average Bonchev–Trinajstić information content (AvgIpc) is 3.12. The third kappa shape index (κ3) is 7.76. The summed E-state index contributed by atoms with van der Waals surface area (Å²) in [4.78, 5) is 47.0. The standard InChI is InChI=1S/C40H46N4O4/c1-3-48-40(47)31-18-20-32(21-19-31)42-38(45)30-22-24-44(25-23-30)26-34-36(39(46)41-27(2)28-12-6-4-7-13-28)33-16-10-11-17-35(33)43-37(34)29-14-8-5-9-15-29/h5,8-11,14-21,27-28,30H,3-4,6-7,12-13,22-26H2,1-2H3,(H,41,46)(H,42,45). The Hall–Kier alpha value is -4.56. The fourth-order valence-electron chi connectivity index (χ4n) is 7.26. The van der Waals surface area contributed by atoms with Crippen LogP contribution in [0.4, 0.5) is 5.69 Å². The van der Waals surface area contributed by atoms with Crippen molar-refractivity contribution in [3.63, 3.8) is 0 Å². The lowest BCUT2D eigenvalue weighted by Gasteiger charge is -2.33. The molecule has 3 aromatic carbocycles. The second-order valence-corrected chi connectivity index (χ2v) is 13.2. The van der Waals surface area contributed by atoms with Crippen molar-refractivity contribution in [3.05, 3.63) is 95.6 Å². The van der Waals surface area contributed by atoms with E-state index in [1.165, 1.54) is 19.3 Å². The third-order valence-electron chi connectivity index (χ3n) is 9.99. The van der Waals surface area contributed by atoms with Crippen LogP contribution in [0.3, 0.4) is 0 Å². The van der Waals surface area contributed by atoms with Crippen molar-refractivity contribution < 1.29 is 19.1 Å². The molecule has 4 aromatic rings. The fraction of sp³-hybridized carbons (Fsp3) is 0.400. The number of nitrogens with one attached hydrogen (secondary N) is 2. The fourth-order valence-corrected chi connectivity index (χ4v) is 7.26. The largest absolute Gasteiger partial charge is 0.462 e. The number of esters is 1. The molecule has 0 spiro atoms. The minimum absolute atomic E-state index is 0.0207. The van der Waals surface area contributed by atoms with Crippen LogP contribution in [-0.2, 0) is 16.1 Å². The normalized spacial score (nSPS) is 16.7. The van der Waals surface area contributed by atoms with E-state index in [-0.39, 0.29) is 29.7 Å². The van der Waals surface area contributed by atoms with Crippen LogP contribution in [0.15, 0.2) is 78.9 Å². The Bertz CT molecular complexity index is 1730. The number of likely N-dealkylation sites (tertiary alicyclic amines) is 1. The van der Waals surface area contributed by atoms with Gasteiger partial charge in [-0.05, 0) is 88.9 Å². The summed E-state index contributed by atoms with van der Waals surface area (Å²) in [6.45, 7) is 6.25. The molecule has 2 heterocycles. The molecular weight excluding hydrogens is 600 g/mol. The minimum atomic E-state index is -0.376. The highest BCUT2D eigenvalue weighted by molar-refractivity contribution is 6.09. The summed E-state index contributed by atoms with van der Waals surface area (Å²) in [6, 6.07) is 25.0. The number of ether oxygens (including phenoxy) is 1. The van der Waals surface area contributed by atoms with Crippen LogP contribution in [-0.4, -0.2) is 53.4 Å². The van der Waals surface area contributed by atoms with Gasteiger partial charge in [-0.3, -0.25) is 14.5 Å². The molecule has 1 atom stereocenters. The van der Waals surface area contributed by atoms with Gasteiger partial charge in [-0.1, -0.05) is 67.8 Å². The summed E-state index contributed by atoms with van der Waals surface area (Å²) in [5, 5.41) is 7.30. The summed E-state index contributed by atoms with van der Waals surface area (Å²) in [5.74, 6) is -0.0733. The number of piperidine rings is 1.